The third kappa shape index (κ3) is 2.33. The molecule has 0 saturated heterocycles. The van der Waals surface area contributed by atoms with Crippen molar-refractivity contribution < 1.29 is 9.66 Å². The minimum Gasteiger partial charge on any atom is -0.479 e. The van der Waals surface area contributed by atoms with Gasteiger partial charge in [-0.25, -0.2) is 0 Å². The first-order chi connectivity index (χ1) is 12.1. The first-order valence-electron chi connectivity index (χ1n) is 7.85. The molecule has 0 unspecified atom stereocenters. The number of aromatic nitrogens is 1. The van der Waals surface area contributed by atoms with Crippen LogP contribution >= 0.6 is 11.8 Å². The molecule has 5 nitrogen and oxygen atoms in total. The molecule has 0 N–H and O–H groups in total. The van der Waals surface area contributed by atoms with Crippen LogP contribution in [0.4, 0.5) is 5.69 Å². The van der Waals surface area contributed by atoms with E-state index < -0.39 is 0 Å². The van der Waals surface area contributed by atoms with Crippen LogP contribution in [-0.4, -0.2) is 15.7 Å². The number of para-hydroxylation sites is 1. The maximum atomic E-state index is 11.9. The molecule has 0 aliphatic carbocycles. The van der Waals surface area contributed by atoms with Gasteiger partial charge in [-0.2, -0.15) is 0 Å². The van der Waals surface area contributed by atoms with Crippen LogP contribution in [0.25, 0.3) is 11.1 Å². The Labute approximate surface area is 149 Å². The smallest absolute Gasteiger partial charge is 0.309 e. The highest BCUT2D eigenvalue weighted by molar-refractivity contribution is 7.98. The Hall–Kier alpha value is -2.73. The molecule has 1 aromatic heterocycles. The van der Waals surface area contributed by atoms with Gasteiger partial charge in [-0.1, -0.05) is 48.5 Å². The molecule has 25 heavy (non-hydrogen) atoms. The average molecular weight is 352 g/mol. The third-order valence-electron chi connectivity index (χ3n) is 4.49. The SMILES string of the molecule is CSc1c([N+](=O)[O-])c2c(n1C)[C@H](c1ccccc1)Oc1ccccc1-2. The number of thioether (sulfide) groups is 1. The van der Waals surface area contributed by atoms with Gasteiger partial charge in [0.1, 0.15) is 5.75 Å². The molecule has 0 spiro atoms. The van der Waals surface area contributed by atoms with Gasteiger partial charge in [-0.3, -0.25) is 10.1 Å². The molecule has 2 aromatic carbocycles. The molecule has 0 saturated carbocycles. The van der Waals surface area contributed by atoms with Crippen LogP contribution < -0.4 is 4.74 Å². The van der Waals surface area contributed by atoms with Gasteiger partial charge in [0.05, 0.1) is 16.2 Å². The fourth-order valence-corrected chi connectivity index (χ4v) is 4.19. The molecule has 0 amide bonds. The van der Waals surface area contributed by atoms with E-state index in [-0.39, 0.29) is 16.7 Å². The molecule has 3 aromatic rings. The molecule has 6 heteroatoms. The Bertz CT molecular complexity index is 966. The Kier molecular flexibility index (Phi) is 3.77. The highest BCUT2D eigenvalue weighted by atomic mass is 32.2. The van der Waals surface area contributed by atoms with Crippen LogP contribution in [-0.2, 0) is 7.05 Å². The normalized spacial score (nSPS) is 15.2. The second-order valence-electron chi connectivity index (χ2n) is 5.84. The van der Waals surface area contributed by atoms with Crippen molar-refractivity contribution in [3.8, 4) is 16.9 Å². The molecule has 1 atom stereocenters. The van der Waals surface area contributed by atoms with E-state index in [2.05, 4.69) is 0 Å². The van der Waals surface area contributed by atoms with E-state index in [4.69, 9.17) is 4.74 Å². The van der Waals surface area contributed by atoms with Crippen molar-refractivity contribution >= 4 is 17.4 Å². The zero-order chi connectivity index (χ0) is 17.6. The number of hydrogen-bond donors (Lipinski definition) is 0. The lowest BCUT2D eigenvalue weighted by Crippen LogP contribution is -2.18. The van der Waals surface area contributed by atoms with Crippen molar-refractivity contribution in [2.75, 3.05) is 6.26 Å². The highest BCUT2D eigenvalue weighted by Crippen LogP contribution is 2.52. The Balaban J connectivity index is 2.07. The predicted molar refractivity (Wildman–Crippen MR) is 98.2 cm³/mol. The summed E-state index contributed by atoms with van der Waals surface area (Å²) in [5, 5.41) is 12.5. The quantitative estimate of drug-likeness (QED) is 0.386. The topological polar surface area (TPSA) is 57.3 Å². The fraction of sp³-hybridized carbons (Fsp3) is 0.158. The van der Waals surface area contributed by atoms with Gasteiger partial charge < -0.3 is 9.30 Å². The number of hydrogen-bond acceptors (Lipinski definition) is 4. The molecule has 4 rings (SSSR count). The number of rotatable bonds is 3. The number of nitro groups is 1. The molecule has 0 radical (unpaired) electrons. The summed E-state index contributed by atoms with van der Waals surface area (Å²) in [5.41, 5.74) is 3.38. The van der Waals surface area contributed by atoms with Crippen molar-refractivity contribution in [1.29, 1.82) is 0 Å². The number of ether oxygens (including phenoxy) is 1. The summed E-state index contributed by atoms with van der Waals surface area (Å²) in [6.45, 7) is 0. The molecular formula is C19H16N2O3S. The number of fused-ring (bicyclic) bond motifs is 3. The molecule has 126 valence electrons. The second kappa shape index (κ2) is 5.97. The van der Waals surface area contributed by atoms with Gasteiger partial charge in [0.15, 0.2) is 11.1 Å². The van der Waals surface area contributed by atoms with Gasteiger partial charge in [-0.15, -0.1) is 11.8 Å². The lowest BCUT2D eigenvalue weighted by atomic mass is 9.94. The van der Waals surface area contributed by atoms with E-state index in [1.165, 1.54) is 11.8 Å². The average Bonchev–Trinajstić information content (AvgIpc) is 2.95. The van der Waals surface area contributed by atoms with Crippen molar-refractivity contribution in [2.24, 2.45) is 7.05 Å². The summed E-state index contributed by atoms with van der Waals surface area (Å²) in [4.78, 5) is 11.6. The standard InChI is InChI=1S/C19H16N2O3S/c1-20-16-15(17(21(22)23)19(20)25-2)13-10-6-7-11-14(13)24-18(16)12-8-4-3-5-9-12/h3-11,18H,1-2H3/t18-/m0/s1. The van der Waals surface area contributed by atoms with Gasteiger partial charge in [0.2, 0.25) is 0 Å². The monoisotopic (exact) mass is 352 g/mol. The van der Waals surface area contributed by atoms with Crippen molar-refractivity contribution in [3.63, 3.8) is 0 Å². The largest absolute Gasteiger partial charge is 0.479 e. The molecule has 2 heterocycles. The number of nitrogens with zero attached hydrogens (tertiary/aromatic N) is 2. The molecular weight excluding hydrogens is 336 g/mol. The Morgan fingerprint density at radius 1 is 1.12 bits per heavy atom. The molecule has 0 fully saturated rings. The zero-order valence-corrected chi connectivity index (χ0v) is 14.6. The summed E-state index contributed by atoms with van der Waals surface area (Å²) in [6, 6.07) is 17.3. The van der Waals surface area contributed by atoms with E-state index in [0.717, 1.165) is 16.8 Å². The van der Waals surface area contributed by atoms with E-state index in [0.29, 0.717) is 16.3 Å². The summed E-state index contributed by atoms with van der Waals surface area (Å²) < 4.78 is 8.16. The summed E-state index contributed by atoms with van der Waals surface area (Å²) >= 11 is 1.38. The maximum absolute atomic E-state index is 11.9. The second-order valence-corrected chi connectivity index (χ2v) is 6.63. The van der Waals surface area contributed by atoms with Crippen molar-refractivity contribution in [1.82, 2.24) is 4.57 Å². The highest BCUT2D eigenvalue weighted by Gasteiger charge is 2.39. The summed E-state index contributed by atoms with van der Waals surface area (Å²) in [6.07, 6.45) is 1.48. The zero-order valence-electron chi connectivity index (χ0n) is 13.8. The Morgan fingerprint density at radius 3 is 2.48 bits per heavy atom. The first-order valence-corrected chi connectivity index (χ1v) is 9.08. The van der Waals surface area contributed by atoms with Crippen LogP contribution in [0.3, 0.4) is 0 Å². The van der Waals surface area contributed by atoms with Gasteiger partial charge in [0, 0.05) is 12.6 Å². The van der Waals surface area contributed by atoms with E-state index in [1.807, 2.05) is 72.5 Å². The van der Waals surface area contributed by atoms with Crippen LogP contribution in [0.1, 0.15) is 17.4 Å². The molecule has 0 bridgehead atoms. The lowest BCUT2D eigenvalue weighted by Gasteiger charge is -2.27. The van der Waals surface area contributed by atoms with Gasteiger partial charge in [0.25, 0.3) is 0 Å². The molecule has 1 aliphatic rings. The van der Waals surface area contributed by atoms with Gasteiger partial charge in [-0.05, 0) is 17.9 Å². The van der Waals surface area contributed by atoms with Crippen LogP contribution in [0.2, 0.25) is 0 Å². The predicted octanol–water partition coefficient (Wildman–Crippen LogP) is 4.80. The van der Waals surface area contributed by atoms with Crippen LogP contribution in [0.15, 0.2) is 59.6 Å². The first kappa shape index (κ1) is 15.8. The Morgan fingerprint density at radius 2 is 1.80 bits per heavy atom. The van der Waals surface area contributed by atoms with Crippen LogP contribution in [0, 0.1) is 10.1 Å². The van der Waals surface area contributed by atoms with E-state index in [1.54, 1.807) is 0 Å². The lowest BCUT2D eigenvalue weighted by molar-refractivity contribution is -0.387. The summed E-state index contributed by atoms with van der Waals surface area (Å²) in [5.74, 6) is 0.671. The van der Waals surface area contributed by atoms with E-state index >= 15 is 0 Å². The fourth-order valence-electron chi connectivity index (χ4n) is 3.45. The van der Waals surface area contributed by atoms with Crippen LogP contribution in [0.5, 0.6) is 5.75 Å². The van der Waals surface area contributed by atoms with E-state index in [9.17, 15) is 10.1 Å². The third-order valence-corrected chi connectivity index (χ3v) is 5.34. The van der Waals surface area contributed by atoms with Crippen molar-refractivity contribution in [3.05, 3.63) is 76.0 Å². The minimum absolute atomic E-state index is 0.154. The maximum Gasteiger partial charge on any atom is 0.309 e. The summed E-state index contributed by atoms with van der Waals surface area (Å²) in [7, 11) is 1.87. The van der Waals surface area contributed by atoms with Gasteiger partial charge >= 0.3 is 5.69 Å². The van der Waals surface area contributed by atoms with Crippen molar-refractivity contribution in [2.45, 2.75) is 11.1 Å². The molecule has 1 aliphatic heterocycles. The number of benzene rings is 2. The minimum atomic E-state index is -0.379.